The first kappa shape index (κ1) is 15.3. The minimum Gasteiger partial charge on any atom is -0.497 e. The summed E-state index contributed by atoms with van der Waals surface area (Å²) < 4.78 is 11.0. The van der Waals surface area contributed by atoms with Gasteiger partial charge in [0.1, 0.15) is 5.75 Å². The third-order valence-corrected chi connectivity index (χ3v) is 4.77. The van der Waals surface area contributed by atoms with Crippen LogP contribution in [0.5, 0.6) is 5.75 Å². The van der Waals surface area contributed by atoms with Gasteiger partial charge < -0.3 is 19.5 Å². The van der Waals surface area contributed by atoms with E-state index in [9.17, 15) is 9.90 Å². The van der Waals surface area contributed by atoms with Crippen molar-refractivity contribution in [2.45, 2.75) is 37.4 Å². The largest absolute Gasteiger partial charge is 0.497 e. The van der Waals surface area contributed by atoms with Gasteiger partial charge in [-0.3, -0.25) is 4.79 Å². The molecule has 1 atom stereocenters. The van der Waals surface area contributed by atoms with Crippen LogP contribution in [0, 0.1) is 0 Å². The molecule has 2 aliphatic heterocycles. The Hall–Kier alpha value is -1.59. The van der Waals surface area contributed by atoms with Crippen molar-refractivity contribution in [3.05, 3.63) is 29.8 Å². The monoisotopic (exact) mass is 305 g/mol. The number of benzene rings is 1. The zero-order valence-corrected chi connectivity index (χ0v) is 13.0. The summed E-state index contributed by atoms with van der Waals surface area (Å²) in [4.78, 5) is 14.4. The highest BCUT2D eigenvalue weighted by Crippen LogP contribution is 2.35. The lowest BCUT2D eigenvalue weighted by atomic mass is 9.83. The number of aliphatic hydroxyl groups excluding tert-OH is 1. The van der Waals surface area contributed by atoms with Crippen molar-refractivity contribution in [3.63, 3.8) is 0 Å². The average Bonchev–Trinajstić information content (AvgIpc) is 2.55. The van der Waals surface area contributed by atoms with Crippen molar-refractivity contribution in [2.75, 3.05) is 26.8 Å². The van der Waals surface area contributed by atoms with Crippen molar-refractivity contribution < 1.29 is 19.4 Å². The van der Waals surface area contributed by atoms with Gasteiger partial charge in [-0.25, -0.2) is 0 Å². The highest BCUT2D eigenvalue weighted by molar-refractivity contribution is 5.94. The second-order valence-electron chi connectivity index (χ2n) is 6.20. The lowest BCUT2D eigenvalue weighted by Gasteiger charge is -2.45. The minimum atomic E-state index is -0.266. The van der Waals surface area contributed by atoms with Gasteiger partial charge in [0.2, 0.25) is 0 Å². The summed E-state index contributed by atoms with van der Waals surface area (Å²) in [7, 11) is 1.61. The summed E-state index contributed by atoms with van der Waals surface area (Å²) in [6.45, 7) is 1.97. The molecule has 1 spiro atoms. The Bertz CT molecular complexity index is 520. The molecule has 2 aliphatic rings. The van der Waals surface area contributed by atoms with E-state index in [0.717, 1.165) is 25.0 Å². The number of methoxy groups -OCH3 is 1. The third-order valence-electron chi connectivity index (χ3n) is 4.77. The molecule has 1 amide bonds. The molecule has 1 unspecified atom stereocenters. The van der Waals surface area contributed by atoms with Crippen LogP contribution >= 0.6 is 0 Å². The van der Waals surface area contributed by atoms with Gasteiger partial charge in [-0.05, 0) is 43.5 Å². The van der Waals surface area contributed by atoms with Gasteiger partial charge in [0.15, 0.2) is 0 Å². The van der Waals surface area contributed by atoms with Crippen LogP contribution in [-0.2, 0) is 4.74 Å². The summed E-state index contributed by atoms with van der Waals surface area (Å²) in [5.41, 5.74) is 0.454. The fourth-order valence-corrected chi connectivity index (χ4v) is 3.38. The summed E-state index contributed by atoms with van der Waals surface area (Å²) in [5.74, 6) is 0.799. The highest BCUT2D eigenvalue weighted by atomic mass is 16.5. The number of nitrogens with zero attached hydrogens (tertiary/aromatic N) is 1. The molecule has 0 radical (unpaired) electrons. The highest BCUT2D eigenvalue weighted by Gasteiger charge is 2.40. The SMILES string of the molecule is COc1ccc(C(=O)N2CCC3(CC2)CC(O)CCO3)cc1. The lowest BCUT2D eigenvalue weighted by molar-refractivity contribution is -0.139. The second-order valence-corrected chi connectivity index (χ2v) is 6.20. The van der Waals surface area contributed by atoms with E-state index in [1.54, 1.807) is 31.4 Å². The maximum Gasteiger partial charge on any atom is 0.253 e. The Kier molecular flexibility index (Phi) is 4.36. The Balaban J connectivity index is 1.61. The van der Waals surface area contributed by atoms with Gasteiger partial charge in [0.25, 0.3) is 5.91 Å². The van der Waals surface area contributed by atoms with Crippen molar-refractivity contribution in [1.29, 1.82) is 0 Å². The van der Waals surface area contributed by atoms with Crippen LogP contribution in [-0.4, -0.2) is 54.4 Å². The summed E-state index contributed by atoms with van der Waals surface area (Å²) in [5, 5.41) is 9.86. The number of hydrogen-bond donors (Lipinski definition) is 1. The lowest BCUT2D eigenvalue weighted by Crippen LogP contribution is -2.51. The third kappa shape index (κ3) is 3.10. The maximum atomic E-state index is 12.5. The number of rotatable bonds is 2. The molecule has 2 saturated heterocycles. The Morgan fingerprint density at radius 3 is 2.59 bits per heavy atom. The number of amides is 1. The molecule has 2 fully saturated rings. The number of carbonyl (C=O) groups excluding carboxylic acids is 1. The molecule has 1 aromatic carbocycles. The standard InChI is InChI=1S/C17H23NO4/c1-21-15-4-2-13(3-5-15)16(20)18-9-7-17(8-10-18)12-14(19)6-11-22-17/h2-5,14,19H,6-12H2,1H3. The van der Waals surface area contributed by atoms with E-state index < -0.39 is 0 Å². The molecule has 1 aromatic rings. The average molecular weight is 305 g/mol. The molecular formula is C17H23NO4. The second kappa shape index (κ2) is 6.26. The smallest absolute Gasteiger partial charge is 0.253 e. The van der Waals surface area contributed by atoms with Crippen LogP contribution in [0.25, 0.3) is 0 Å². The number of piperidine rings is 1. The Morgan fingerprint density at radius 2 is 2.00 bits per heavy atom. The predicted octanol–water partition coefficient (Wildman–Crippen LogP) is 1.84. The van der Waals surface area contributed by atoms with Crippen LogP contribution in [0.1, 0.15) is 36.0 Å². The molecule has 22 heavy (non-hydrogen) atoms. The van der Waals surface area contributed by atoms with E-state index in [4.69, 9.17) is 9.47 Å². The van der Waals surface area contributed by atoms with Crippen LogP contribution in [0.15, 0.2) is 24.3 Å². The molecule has 120 valence electrons. The van der Waals surface area contributed by atoms with E-state index in [-0.39, 0.29) is 17.6 Å². The number of aliphatic hydroxyl groups is 1. The molecule has 0 aliphatic carbocycles. The molecule has 5 heteroatoms. The van der Waals surface area contributed by atoms with Gasteiger partial charge in [-0.1, -0.05) is 0 Å². The van der Waals surface area contributed by atoms with Gasteiger partial charge >= 0.3 is 0 Å². The molecule has 1 N–H and O–H groups in total. The molecule has 5 nitrogen and oxygen atoms in total. The normalized spacial score (nSPS) is 24.3. The number of carbonyl (C=O) groups is 1. The van der Waals surface area contributed by atoms with Crippen molar-refractivity contribution in [3.8, 4) is 5.75 Å². The summed E-state index contributed by atoms with van der Waals surface area (Å²) in [6, 6.07) is 7.21. The van der Waals surface area contributed by atoms with Gasteiger partial charge in [-0.15, -0.1) is 0 Å². The van der Waals surface area contributed by atoms with E-state index >= 15 is 0 Å². The maximum absolute atomic E-state index is 12.5. The fourth-order valence-electron chi connectivity index (χ4n) is 3.38. The molecule has 0 saturated carbocycles. The first-order chi connectivity index (χ1) is 10.6. The molecule has 0 bridgehead atoms. The van der Waals surface area contributed by atoms with E-state index in [1.807, 2.05) is 4.90 Å². The first-order valence-electron chi connectivity index (χ1n) is 7.87. The van der Waals surface area contributed by atoms with Crippen molar-refractivity contribution in [2.24, 2.45) is 0 Å². The minimum absolute atomic E-state index is 0.0499. The quantitative estimate of drug-likeness (QED) is 0.906. The predicted molar refractivity (Wildman–Crippen MR) is 82.1 cm³/mol. The van der Waals surface area contributed by atoms with Crippen molar-refractivity contribution >= 4 is 5.91 Å². The number of likely N-dealkylation sites (tertiary alicyclic amines) is 1. The number of hydrogen-bond acceptors (Lipinski definition) is 4. The van der Waals surface area contributed by atoms with E-state index in [0.29, 0.717) is 31.7 Å². The van der Waals surface area contributed by atoms with E-state index in [1.165, 1.54) is 0 Å². The van der Waals surface area contributed by atoms with E-state index in [2.05, 4.69) is 0 Å². The number of ether oxygens (including phenoxy) is 2. The fraction of sp³-hybridized carbons (Fsp3) is 0.588. The first-order valence-corrected chi connectivity index (χ1v) is 7.87. The van der Waals surface area contributed by atoms with Gasteiger partial charge in [0, 0.05) is 31.7 Å². The summed E-state index contributed by atoms with van der Waals surface area (Å²) in [6.07, 6.45) is 2.74. The Morgan fingerprint density at radius 1 is 1.32 bits per heavy atom. The zero-order valence-electron chi connectivity index (χ0n) is 13.0. The van der Waals surface area contributed by atoms with Gasteiger partial charge in [0.05, 0.1) is 18.8 Å². The molecular weight excluding hydrogens is 282 g/mol. The van der Waals surface area contributed by atoms with Crippen LogP contribution in [0.2, 0.25) is 0 Å². The van der Waals surface area contributed by atoms with Crippen LogP contribution in [0.3, 0.4) is 0 Å². The zero-order chi connectivity index (χ0) is 15.6. The van der Waals surface area contributed by atoms with Crippen molar-refractivity contribution in [1.82, 2.24) is 4.90 Å². The molecule has 0 aromatic heterocycles. The van der Waals surface area contributed by atoms with Crippen LogP contribution in [0.4, 0.5) is 0 Å². The topological polar surface area (TPSA) is 59.0 Å². The molecule has 2 heterocycles. The van der Waals surface area contributed by atoms with Crippen LogP contribution < -0.4 is 4.74 Å². The molecule has 3 rings (SSSR count). The summed E-state index contributed by atoms with van der Waals surface area (Å²) >= 11 is 0. The Labute approximate surface area is 130 Å². The van der Waals surface area contributed by atoms with Gasteiger partial charge in [-0.2, -0.15) is 0 Å².